The highest BCUT2D eigenvalue weighted by molar-refractivity contribution is 5.88. The second kappa shape index (κ2) is 7.50. The summed E-state index contributed by atoms with van der Waals surface area (Å²) >= 11 is 0. The number of amides is 1. The lowest BCUT2D eigenvalue weighted by molar-refractivity contribution is -0.121. The number of nitrogens with zero attached hydrogens (tertiary/aromatic N) is 2. The standard InChI is InChI=1S/C17H23N3O5/c1-10-12(15(22)23)8-11(24-10)9-18-13(21)6-5-7-14-19-16(20-25-14)17(2,3)4/h8H,5-7,9H2,1-4H3,(H,18,21)(H,22,23). The number of aryl methyl sites for hydroxylation is 2. The molecule has 2 aromatic heterocycles. The van der Waals surface area contributed by atoms with E-state index in [2.05, 4.69) is 15.5 Å². The summed E-state index contributed by atoms with van der Waals surface area (Å²) < 4.78 is 10.5. The maximum Gasteiger partial charge on any atom is 0.339 e. The monoisotopic (exact) mass is 349 g/mol. The maximum atomic E-state index is 11.9. The fourth-order valence-corrected chi connectivity index (χ4v) is 2.18. The van der Waals surface area contributed by atoms with Crippen molar-refractivity contribution in [1.82, 2.24) is 15.5 Å². The van der Waals surface area contributed by atoms with E-state index in [9.17, 15) is 9.59 Å². The van der Waals surface area contributed by atoms with E-state index in [-0.39, 0.29) is 23.4 Å². The Morgan fingerprint density at radius 2 is 2.04 bits per heavy atom. The van der Waals surface area contributed by atoms with E-state index < -0.39 is 5.97 Å². The summed E-state index contributed by atoms with van der Waals surface area (Å²) in [7, 11) is 0. The van der Waals surface area contributed by atoms with Gasteiger partial charge in [-0.3, -0.25) is 4.79 Å². The average Bonchev–Trinajstić information content (AvgIpc) is 3.11. The zero-order valence-electron chi connectivity index (χ0n) is 14.9. The first-order valence-corrected chi connectivity index (χ1v) is 8.09. The Morgan fingerprint density at radius 3 is 2.60 bits per heavy atom. The molecule has 2 heterocycles. The molecule has 136 valence electrons. The number of carboxylic acid groups (broad SMARTS) is 1. The van der Waals surface area contributed by atoms with E-state index in [0.717, 1.165) is 0 Å². The van der Waals surface area contributed by atoms with E-state index in [4.69, 9.17) is 14.0 Å². The normalized spacial score (nSPS) is 11.5. The molecular formula is C17H23N3O5. The molecule has 8 nitrogen and oxygen atoms in total. The van der Waals surface area contributed by atoms with Crippen LogP contribution in [0.25, 0.3) is 0 Å². The Hall–Kier alpha value is -2.64. The number of carbonyl (C=O) groups excluding carboxylic acids is 1. The van der Waals surface area contributed by atoms with Gasteiger partial charge in [0, 0.05) is 18.3 Å². The van der Waals surface area contributed by atoms with E-state index in [1.807, 2.05) is 20.8 Å². The van der Waals surface area contributed by atoms with Crippen LogP contribution in [-0.4, -0.2) is 27.1 Å². The topological polar surface area (TPSA) is 118 Å². The summed E-state index contributed by atoms with van der Waals surface area (Å²) in [4.78, 5) is 27.1. The van der Waals surface area contributed by atoms with Crippen molar-refractivity contribution in [2.45, 2.75) is 58.9 Å². The zero-order valence-corrected chi connectivity index (χ0v) is 14.9. The minimum Gasteiger partial charge on any atom is -0.478 e. The number of nitrogens with one attached hydrogen (secondary N) is 1. The summed E-state index contributed by atoms with van der Waals surface area (Å²) in [5.74, 6) is 0.701. The molecule has 8 heteroatoms. The third kappa shape index (κ3) is 5.17. The molecule has 0 aliphatic rings. The SMILES string of the molecule is Cc1oc(CNC(=O)CCCc2nc(C(C)(C)C)no2)cc1C(=O)O. The molecule has 1 amide bonds. The summed E-state index contributed by atoms with van der Waals surface area (Å²) in [6.45, 7) is 7.73. The maximum absolute atomic E-state index is 11.9. The van der Waals surface area contributed by atoms with E-state index in [1.165, 1.54) is 6.07 Å². The van der Waals surface area contributed by atoms with Gasteiger partial charge in [-0.25, -0.2) is 4.79 Å². The van der Waals surface area contributed by atoms with E-state index in [1.54, 1.807) is 6.92 Å². The Labute approximate surface area is 145 Å². The second-order valence-electron chi connectivity index (χ2n) is 6.88. The quantitative estimate of drug-likeness (QED) is 0.788. The molecule has 25 heavy (non-hydrogen) atoms. The van der Waals surface area contributed by atoms with Gasteiger partial charge < -0.3 is 19.4 Å². The molecule has 0 atom stereocenters. The van der Waals surface area contributed by atoms with Gasteiger partial charge in [-0.2, -0.15) is 4.98 Å². The van der Waals surface area contributed by atoms with Crippen molar-refractivity contribution >= 4 is 11.9 Å². The number of carbonyl (C=O) groups is 2. The predicted molar refractivity (Wildman–Crippen MR) is 88.2 cm³/mol. The van der Waals surface area contributed by atoms with E-state index >= 15 is 0 Å². The number of aromatic nitrogens is 2. The molecule has 0 aromatic carbocycles. The molecule has 0 aliphatic heterocycles. The Kier molecular flexibility index (Phi) is 5.61. The minimum absolute atomic E-state index is 0.107. The van der Waals surface area contributed by atoms with Crippen LogP contribution in [0.2, 0.25) is 0 Å². The van der Waals surface area contributed by atoms with Gasteiger partial charge in [-0.15, -0.1) is 0 Å². The van der Waals surface area contributed by atoms with Crippen molar-refractivity contribution in [3.05, 3.63) is 34.9 Å². The summed E-state index contributed by atoms with van der Waals surface area (Å²) in [5, 5.41) is 15.6. The Morgan fingerprint density at radius 1 is 1.32 bits per heavy atom. The third-order valence-corrected chi connectivity index (χ3v) is 3.59. The summed E-state index contributed by atoms with van der Waals surface area (Å²) in [6, 6.07) is 1.42. The van der Waals surface area contributed by atoms with Gasteiger partial charge in [-0.05, 0) is 19.4 Å². The second-order valence-corrected chi connectivity index (χ2v) is 6.88. The Balaban J connectivity index is 1.75. The van der Waals surface area contributed by atoms with Crippen molar-refractivity contribution in [2.24, 2.45) is 0 Å². The lowest BCUT2D eigenvalue weighted by Gasteiger charge is -2.10. The smallest absolute Gasteiger partial charge is 0.339 e. The molecule has 0 fully saturated rings. The van der Waals surface area contributed by atoms with Gasteiger partial charge in [0.1, 0.15) is 17.1 Å². The first-order chi connectivity index (χ1) is 11.7. The van der Waals surface area contributed by atoms with Crippen LogP contribution >= 0.6 is 0 Å². The molecule has 0 saturated carbocycles. The molecule has 0 radical (unpaired) electrons. The van der Waals surface area contributed by atoms with Crippen LogP contribution < -0.4 is 5.32 Å². The fraction of sp³-hybridized carbons (Fsp3) is 0.529. The van der Waals surface area contributed by atoms with Crippen LogP contribution in [0.1, 0.15) is 67.2 Å². The first kappa shape index (κ1) is 18.7. The molecule has 2 aromatic rings. The first-order valence-electron chi connectivity index (χ1n) is 8.09. The molecule has 0 saturated heterocycles. The van der Waals surface area contributed by atoms with Gasteiger partial charge in [0.25, 0.3) is 0 Å². The van der Waals surface area contributed by atoms with Crippen molar-refractivity contribution in [3.8, 4) is 0 Å². The highest BCUT2D eigenvalue weighted by atomic mass is 16.5. The molecule has 0 spiro atoms. The van der Waals surface area contributed by atoms with Crippen LogP contribution in [0.5, 0.6) is 0 Å². The van der Waals surface area contributed by atoms with Crippen molar-refractivity contribution in [2.75, 3.05) is 0 Å². The predicted octanol–water partition coefficient (Wildman–Crippen LogP) is 2.61. The van der Waals surface area contributed by atoms with Gasteiger partial charge in [-0.1, -0.05) is 25.9 Å². The van der Waals surface area contributed by atoms with Crippen LogP contribution in [-0.2, 0) is 23.2 Å². The molecular weight excluding hydrogens is 326 g/mol. The molecule has 2 N–H and O–H groups in total. The van der Waals surface area contributed by atoms with E-state index in [0.29, 0.717) is 42.5 Å². The third-order valence-electron chi connectivity index (χ3n) is 3.59. The van der Waals surface area contributed by atoms with Crippen molar-refractivity contribution < 1.29 is 23.6 Å². The lowest BCUT2D eigenvalue weighted by Crippen LogP contribution is -2.22. The number of carboxylic acids is 1. The highest BCUT2D eigenvalue weighted by Gasteiger charge is 2.20. The molecule has 2 rings (SSSR count). The van der Waals surface area contributed by atoms with Gasteiger partial charge >= 0.3 is 5.97 Å². The zero-order chi connectivity index (χ0) is 18.6. The average molecular weight is 349 g/mol. The number of furan rings is 1. The largest absolute Gasteiger partial charge is 0.478 e. The minimum atomic E-state index is -1.05. The Bertz CT molecular complexity index is 755. The molecule has 0 unspecified atom stereocenters. The van der Waals surface area contributed by atoms with Crippen molar-refractivity contribution in [3.63, 3.8) is 0 Å². The summed E-state index contributed by atoms with van der Waals surface area (Å²) in [5.41, 5.74) is -0.0648. The van der Waals surface area contributed by atoms with Gasteiger partial charge in [0.2, 0.25) is 11.8 Å². The summed E-state index contributed by atoms with van der Waals surface area (Å²) in [6.07, 6.45) is 1.41. The van der Waals surface area contributed by atoms with Crippen LogP contribution in [0.3, 0.4) is 0 Å². The van der Waals surface area contributed by atoms with Gasteiger partial charge in [0.15, 0.2) is 5.82 Å². The van der Waals surface area contributed by atoms with Gasteiger partial charge in [0.05, 0.1) is 6.54 Å². The van der Waals surface area contributed by atoms with Crippen LogP contribution in [0.15, 0.2) is 15.0 Å². The molecule has 0 bridgehead atoms. The fourth-order valence-electron chi connectivity index (χ4n) is 2.18. The number of hydrogen-bond acceptors (Lipinski definition) is 6. The number of rotatable bonds is 7. The number of aromatic carboxylic acids is 1. The molecule has 0 aliphatic carbocycles. The van der Waals surface area contributed by atoms with Crippen molar-refractivity contribution in [1.29, 1.82) is 0 Å². The lowest BCUT2D eigenvalue weighted by atomic mass is 9.96. The highest BCUT2D eigenvalue weighted by Crippen LogP contribution is 2.19. The van der Waals surface area contributed by atoms with Crippen LogP contribution in [0, 0.1) is 6.92 Å². The number of hydrogen-bond donors (Lipinski definition) is 2. The van der Waals surface area contributed by atoms with Crippen LogP contribution in [0.4, 0.5) is 0 Å².